The fraction of sp³-hybridized carbons (Fsp3) is 0.667. The summed E-state index contributed by atoms with van der Waals surface area (Å²) in [6.45, 7) is 2.02. The van der Waals surface area contributed by atoms with Crippen molar-refractivity contribution >= 4 is 5.78 Å². The van der Waals surface area contributed by atoms with Crippen molar-refractivity contribution in [2.45, 2.75) is 32.6 Å². The summed E-state index contributed by atoms with van der Waals surface area (Å²) in [4.78, 5) is 11.4. The van der Waals surface area contributed by atoms with Crippen molar-refractivity contribution in [2.75, 3.05) is 0 Å². The number of Topliss-reactive ketones (excluding diaryl/α,β-unsaturated/α-hetero) is 1. The monoisotopic (exact) mass is 154 g/mol. The number of allylic oxidation sites excluding steroid dienone is 1. The van der Waals surface area contributed by atoms with Crippen LogP contribution in [0.25, 0.3) is 0 Å². The number of carbonyl (C=O) groups excluding carboxylic acids is 1. The molecule has 1 aliphatic carbocycles. The first-order valence-electron chi connectivity index (χ1n) is 4.17. The third-order valence-corrected chi connectivity index (χ3v) is 2.33. The molecule has 0 aromatic carbocycles. The van der Waals surface area contributed by atoms with Crippen LogP contribution in [0.4, 0.5) is 0 Å². The lowest BCUT2D eigenvalue weighted by atomic mass is 9.83. The minimum Gasteiger partial charge on any atom is -0.515 e. The lowest BCUT2D eigenvalue weighted by Gasteiger charge is -2.20. The molecule has 2 nitrogen and oxygen atoms in total. The van der Waals surface area contributed by atoms with E-state index < -0.39 is 0 Å². The number of hydrogen-bond donors (Lipinski definition) is 1. The maximum absolute atomic E-state index is 11.4. The summed E-state index contributed by atoms with van der Waals surface area (Å²) >= 11 is 0. The van der Waals surface area contributed by atoms with Crippen LogP contribution in [-0.4, -0.2) is 10.9 Å². The van der Waals surface area contributed by atoms with Crippen LogP contribution in [-0.2, 0) is 4.79 Å². The second kappa shape index (κ2) is 3.56. The summed E-state index contributed by atoms with van der Waals surface area (Å²) in [6, 6.07) is 0. The minimum atomic E-state index is 0.154. The topological polar surface area (TPSA) is 37.3 Å². The predicted octanol–water partition coefficient (Wildman–Crippen LogP) is 2.21. The van der Waals surface area contributed by atoms with E-state index >= 15 is 0 Å². The van der Waals surface area contributed by atoms with Crippen LogP contribution in [0.15, 0.2) is 11.8 Å². The third kappa shape index (κ3) is 1.62. The molecule has 1 atom stereocenters. The lowest BCUT2D eigenvalue weighted by Crippen LogP contribution is -2.20. The van der Waals surface area contributed by atoms with Crippen LogP contribution in [0.2, 0.25) is 0 Å². The molecular weight excluding hydrogens is 140 g/mol. The molecule has 0 aliphatic heterocycles. The second-order valence-electron chi connectivity index (χ2n) is 3.02. The van der Waals surface area contributed by atoms with Crippen molar-refractivity contribution in [3.63, 3.8) is 0 Å². The molecule has 1 aliphatic rings. The molecule has 0 saturated heterocycles. The standard InChI is InChI=1S/C9H14O2/c1-2-7-4-3-5-8(6-10)9(7)11/h6-7,10H,2-5H2,1H3/b8-6+. The van der Waals surface area contributed by atoms with Gasteiger partial charge in [0.15, 0.2) is 5.78 Å². The Morgan fingerprint density at radius 2 is 2.45 bits per heavy atom. The molecular formula is C9H14O2. The summed E-state index contributed by atoms with van der Waals surface area (Å²) in [5.74, 6) is 0.323. The molecule has 0 aromatic rings. The van der Waals surface area contributed by atoms with E-state index in [1.807, 2.05) is 6.92 Å². The van der Waals surface area contributed by atoms with E-state index in [0.29, 0.717) is 5.57 Å². The zero-order chi connectivity index (χ0) is 8.27. The number of carbonyl (C=O) groups is 1. The highest BCUT2D eigenvalue weighted by Crippen LogP contribution is 2.26. The number of rotatable bonds is 1. The third-order valence-electron chi connectivity index (χ3n) is 2.33. The Morgan fingerprint density at radius 3 is 3.00 bits per heavy atom. The molecule has 0 aromatic heterocycles. The van der Waals surface area contributed by atoms with Gasteiger partial charge in [-0.05, 0) is 25.7 Å². The van der Waals surface area contributed by atoms with Crippen LogP contribution in [0.5, 0.6) is 0 Å². The quantitative estimate of drug-likeness (QED) is 0.464. The van der Waals surface area contributed by atoms with Gasteiger partial charge in [-0.15, -0.1) is 0 Å². The summed E-state index contributed by atoms with van der Waals surface area (Å²) in [5.41, 5.74) is 0.614. The molecule has 1 N–H and O–H groups in total. The van der Waals surface area contributed by atoms with Gasteiger partial charge in [0.05, 0.1) is 6.26 Å². The largest absolute Gasteiger partial charge is 0.515 e. The van der Waals surface area contributed by atoms with Crippen molar-refractivity contribution in [1.82, 2.24) is 0 Å². The number of aliphatic hydroxyl groups excluding tert-OH is 1. The van der Waals surface area contributed by atoms with Gasteiger partial charge in [0.1, 0.15) is 0 Å². The molecule has 0 radical (unpaired) electrons. The van der Waals surface area contributed by atoms with E-state index in [1.54, 1.807) is 0 Å². The highest BCUT2D eigenvalue weighted by atomic mass is 16.2. The predicted molar refractivity (Wildman–Crippen MR) is 43.4 cm³/mol. The first kappa shape index (κ1) is 8.31. The van der Waals surface area contributed by atoms with Gasteiger partial charge in [0.2, 0.25) is 0 Å². The fourth-order valence-corrected chi connectivity index (χ4v) is 1.57. The fourth-order valence-electron chi connectivity index (χ4n) is 1.57. The van der Waals surface area contributed by atoms with Gasteiger partial charge in [0.25, 0.3) is 0 Å². The summed E-state index contributed by atoms with van der Waals surface area (Å²) in [6.07, 6.45) is 4.66. The SMILES string of the molecule is CCC1CCC/C(=C\O)C1=O. The van der Waals surface area contributed by atoms with Crippen molar-refractivity contribution in [2.24, 2.45) is 5.92 Å². The molecule has 0 bridgehead atoms. The Bertz CT molecular complexity index is 182. The van der Waals surface area contributed by atoms with Crippen molar-refractivity contribution in [3.05, 3.63) is 11.8 Å². The maximum Gasteiger partial charge on any atom is 0.164 e. The highest BCUT2D eigenvalue weighted by molar-refractivity contribution is 5.97. The molecule has 11 heavy (non-hydrogen) atoms. The molecule has 1 rings (SSSR count). The van der Waals surface area contributed by atoms with Gasteiger partial charge in [-0.25, -0.2) is 0 Å². The minimum absolute atomic E-state index is 0.154. The highest BCUT2D eigenvalue weighted by Gasteiger charge is 2.24. The first-order chi connectivity index (χ1) is 5.29. The molecule has 2 heteroatoms. The zero-order valence-corrected chi connectivity index (χ0v) is 6.84. The first-order valence-corrected chi connectivity index (χ1v) is 4.17. The van der Waals surface area contributed by atoms with Gasteiger partial charge in [0, 0.05) is 11.5 Å². The molecule has 1 unspecified atom stereocenters. The van der Waals surface area contributed by atoms with Crippen molar-refractivity contribution in [1.29, 1.82) is 0 Å². The van der Waals surface area contributed by atoms with E-state index in [0.717, 1.165) is 31.9 Å². The van der Waals surface area contributed by atoms with Gasteiger partial charge in [-0.3, -0.25) is 4.79 Å². The molecule has 1 fully saturated rings. The Morgan fingerprint density at radius 1 is 1.73 bits per heavy atom. The van der Waals surface area contributed by atoms with Crippen molar-refractivity contribution < 1.29 is 9.90 Å². The average molecular weight is 154 g/mol. The van der Waals surface area contributed by atoms with E-state index in [2.05, 4.69) is 0 Å². The molecule has 0 heterocycles. The smallest absolute Gasteiger partial charge is 0.164 e. The molecule has 1 saturated carbocycles. The molecule has 62 valence electrons. The van der Waals surface area contributed by atoms with Crippen LogP contribution in [0.3, 0.4) is 0 Å². The Hall–Kier alpha value is -0.790. The van der Waals surface area contributed by atoms with Crippen LogP contribution in [0.1, 0.15) is 32.6 Å². The Labute approximate surface area is 66.9 Å². The zero-order valence-electron chi connectivity index (χ0n) is 6.84. The van der Waals surface area contributed by atoms with E-state index in [1.165, 1.54) is 0 Å². The average Bonchev–Trinajstić information content (AvgIpc) is 2.05. The summed E-state index contributed by atoms with van der Waals surface area (Å²) in [7, 11) is 0. The number of aliphatic hydroxyl groups is 1. The van der Waals surface area contributed by atoms with E-state index in [4.69, 9.17) is 5.11 Å². The van der Waals surface area contributed by atoms with Crippen LogP contribution >= 0.6 is 0 Å². The van der Waals surface area contributed by atoms with Gasteiger partial charge in [-0.2, -0.15) is 0 Å². The van der Waals surface area contributed by atoms with E-state index in [-0.39, 0.29) is 11.7 Å². The van der Waals surface area contributed by atoms with Gasteiger partial charge in [-0.1, -0.05) is 6.92 Å². The maximum atomic E-state index is 11.4. The molecule has 0 spiro atoms. The number of hydrogen-bond acceptors (Lipinski definition) is 2. The Kier molecular flexibility index (Phi) is 2.69. The Balaban J connectivity index is 2.67. The van der Waals surface area contributed by atoms with Gasteiger partial charge >= 0.3 is 0 Å². The normalized spacial score (nSPS) is 29.4. The second-order valence-corrected chi connectivity index (χ2v) is 3.02. The lowest BCUT2D eigenvalue weighted by molar-refractivity contribution is -0.120. The van der Waals surface area contributed by atoms with Crippen LogP contribution < -0.4 is 0 Å². The van der Waals surface area contributed by atoms with Crippen molar-refractivity contribution in [3.8, 4) is 0 Å². The van der Waals surface area contributed by atoms with Crippen LogP contribution in [0, 0.1) is 5.92 Å². The van der Waals surface area contributed by atoms with Gasteiger partial charge < -0.3 is 5.11 Å². The number of ketones is 1. The molecule has 0 amide bonds. The summed E-state index contributed by atoms with van der Waals surface area (Å²) < 4.78 is 0. The summed E-state index contributed by atoms with van der Waals surface area (Å²) in [5, 5.41) is 8.69. The van der Waals surface area contributed by atoms with E-state index in [9.17, 15) is 4.79 Å².